The van der Waals surface area contributed by atoms with E-state index in [0.29, 0.717) is 13.1 Å². The van der Waals surface area contributed by atoms with E-state index in [4.69, 9.17) is 5.73 Å². The second kappa shape index (κ2) is 6.68. The van der Waals surface area contributed by atoms with Crippen LogP contribution in [0.4, 0.5) is 0 Å². The Labute approximate surface area is 139 Å². The highest BCUT2D eigenvalue weighted by Gasteiger charge is 2.24. The van der Waals surface area contributed by atoms with Gasteiger partial charge in [-0.1, -0.05) is 18.2 Å². The molecular formula is C17H21N3O2S. The maximum absolute atomic E-state index is 12.9. The highest BCUT2D eigenvalue weighted by atomic mass is 32.1. The summed E-state index contributed by atoms with van der Waals surface area (Å²) in [5.41, 5.74) is 6.33. The maximum Gasteiger partial charge on any atom is 0.264 e. The van der Waals surface area contributed by atoms with Crippen LogP contribution in [0.15, 0.2) is 24.3 Å². The van der Waals surface area contributed by atoms with Crippen molar-refractivity contribution < 1.29 is 9.59 Å². The van der Waals surface area contributed by atoms with Gasteiger partial charge in [0, 0.05) is 30.9 Å². The lowest BCUT2D eigenvalue weighted by Gasteiger charge is -2.21. The molecule has 0 radical (unpaired) electrons. The van der Waals surface area contributed by atoms with Gasteiger partial charge in [0.2, 0.25) is 5.91 Å². The lowest BCUT2D eigenvalue weighted by molar-refractivity contribution is -0.119. The van der Waals surface area contributed by atoms with Crippen molar-refractivity contribution in [2.75, 3.05) is 32.7 Å². The van der Waals surface area contributed by atoms with Crippen LogP contribution in [0.1, 0.15) is 21.7 Å². The number of fused-ring (bicyclic) bond motifs is 1. The average molecular weight is 331 g/mol. The molecule has 0 unspecified atom stereocenters. The summed E-state index contributed by atoms with van der Waals surface area (Å²) in [7, 11) is 0. The molecule has 2 N–H and O–H groups in total. The van der Waals surface area contributed by atoms with E-state index in [1.54, 1.807) is 11.3 Å². The number of thiophene rings is 1. The molecule has 2 amide bonds. The lowest BCUT2D eigenvalue weighted by Crippen LogP contribution is -2.38. The normalized spacial score (nSPS) is 16.5. The topological polar surface area (TPSA) is 66.6 Å². The van der Waals surface area contributed by atoms with Crippen LogP contribution in [0, 0.1) is 6.92 Å². The Balaban J connectivity index is 1.77. The molecule has 23 heavy (non-hydrogen) atoms. The monoisotopic (exact) mass is 331 g/mol. The molecular weight excluding hydrogens is 310 g/mol. The molecule has 2 heterocycles. The van der Waals surface area contributed by atoms with E-state index >= 15 is 0 Å². The number of carbonyl (C=O) groups is 2. The Bertz CT molecular complexity index is 741. The third kappa shape index (κ3) is 3.38. The number of rotatable bonds is 3. The summed E-state index contributed by atoms with van der Waals surface area (Å²) < 4.78 is 1.15. The van der Waals surface area contributed by atoms with Crippen molar-refractivity contribution in [1.29, 1.82) is 0 Å². The first kappa shape index (κ1) is 16.0. The van der Waals surface area contributed by atoms with Gasteiger partial charge in [0.25, 0.3) is 5.91 Å². The molecule has 2 aromatic rings. The highest BCUT2D eigenvalue weighted by molar-refractivity contribution is 7.21. The number of nitrogens with zero attached hydrogens (tertiary/aromatic N) is 2. The zero-order valence-electron chi connectivity index (χ0n) is 13.2. The summed E-state index contributed by atoms with van der Waals surface area (Å²) in [6.07, 6.45) is 0.864. The molecule has 0 atom stereocenters. The minimum absolute atomic E-state index is 0.102. The Kier molecular flexibility index (Phi) is 4.63. The number of hydrogen-bond donors (Lipinski definition) is 1. The Morgan fingerprint density at radius 1 is 1.17 bits per heavy atom. The number of nitrogens with two attached hydrogens (primary N) is 1. The summed E-state index contributed by atoms with van der Waals surface area (Å²) in [6, 6.07) is 8.12. The third-order valence-electron chi connectivity index (χ3n) is 4.29. The van der Waals surface area contributed by atoms with E-state index in [1.807, 2.05) is 28.9 Å². The van der Waals surface area contributed by atoms with E-state index in [2.05, 4.69) is 12.1 Å². The average Bonchev–Trinajstić information content (AvgIpc) is 2.70. The zero-order valence-corrected chi connectivity index (χ0v) is 14.1. The molecule has 6 heteroatoms. The lowest BCUT2D eigenvalue weighted by atomic mass is 10.1. The maximum atomic E-state index is 12.9. The minimum Gasteiger partial charge on any atom is -0.369 e. The van der Waals surface area contributed by atoms with Gasteiger partial charge in [-0.25, -0.2) is 0 Å². The Morgan fingerprint density at radius 2 is 1.96 bits per heavy atom. The van der Waals surface area contributed by atoms with Crippen LogP contribution >= 0.6 is 11.3 Å². The quantitative estimate of drug-likeness (QED) is 0.933. The van der Waals surface area contributed by atoms with Crippen molar-refractivity contribution >= 4 is 33.2 Å². The summed E-state index contributed by atoms with van der Waals surface area (Å²) in [5, 5.41) is 1.16. The number of hydrogen-bond acceptors (Lipinski definition) is 4. The van der Waals surface area contributed by atoms with Gasteiger partial charge in [0.15, 0.2) is 0 Å². The summed E-state index contributed by atoms with van der Waals surface area (Å²) in [4.78, 5) is 28.7. The third-order valence-corrected chi connectivity index (χ3v) is 5.55. The minimum atomic E-state index is -0.315. The fourth-order valence-corrected chi connectivity index (χ4v) is 4.25. The first-order chi connectivity index (χ1) is 11.1. The largest absolute Gasteiger partial charge is 0.369 e. The van der Waals surface area contributed by atoms with Crippen molar-refractivity contribution in [3.05, 3.63) is 34.7 Å². The molecule has 0 aliphatic carbocycles. The van der Waals surface area contributed by atoms with Crippen LogP contribution < -0.4 is 5.73 Å². The number of primary amides is 1. The van der Waals surface area contributed by atoms with E-state index in [1.165, 1.54) is 0 Å². The molecule has 122 valence electrons. The molecule has 1 aliphatic rings. The molecule has 0 bridgehead atoms. The first-order valence-electron chi connectivity index (χ1n) is 7.84. The molecule has 1 aromatic carbocycles. The van der Waals surface area contributed by atoms with Crippen molar-refractivity contribution in [3.63, 3.8) is 0 Å². The van der Waals surface area contributed by atoms with Crippen LogP contribution in [0.3, 0.4) is 0 Å². The molecule has 1 aliphatic heterocycles. The van der Waals surface area contributed by atoms with E-state index in [0.717, 1.165) is 40.0 Å². The molecule has 1 fully saturated rings. The number of benzene rings is 1. The van der Waals surface area contributed by atoms with Crippen LogP contribution in [-0.4, -0.2) is 54.3 Å². The molecule has 1 saturated heterocycles. The summed E-state index contributed by atoms with van der Waals surface area (Å²) in [6.45, 7) is 5.14. The molecule has 0 spiro atoms. The number of aryl methyl sites for hydroxylation is 1. The molecule has 5 nitrogen and oxygen atoms in total. The van der Waals surface area contributed by atoms with Crippen molar-refractivity contribution in [1.82, 2.24) is 9.80 Å². The molecule has 0 saturated carbocycles. The molecule has 3 rings (SSSR count). The van der Waals surface area contributed by atoms with Gasteiger partial charge in [-0.2, -0.15) is 0 Å². The second-order valence-electron chi connectivity index (χ2n) is 5.94. The first-order valence-corrected chi connectivity index (χ1v) is 8.66. The van der Waals surface area contributed by atoms with E-state index in [-0.39, 0.29) is 18.4 Å². The fourth-order valence-electron chi connectivity index (χ4n) is 3.07. The van der Waals surface area contributed by atoms with E-state index in [9.17, 15) is 9.59 Å². The highest BCUT2D eigenvalue weighted by Crippen LogP contribution is 2.31. The molecule has 1 aromatic heterocycles. The van der Waals surface area contributed by atoms with Gasteiger partial charge in [0.05, 0.1) is 11.4 Å². The van der Waals surface area contributed by atoms with Gasteiger partial charge in [-0.3, -0.25) is 14.5 Å². The van der Waals surface area contributed by atoms with Crippen LogP contribution in [0.5, 0.6) is 0 Å². The van der Waals surface area contributed by atoms with Crippen LogP contribution in [0.2, 0.25) is 0 Å². The van der Waals surface area contributed by atoms with Gasteiger partial charge >= 0.3 is 0 Å². The summed E-state index contributed by atoms with van der Waals surface area (Å²) >= 11 is 1.56. The SMILES string of the molecule is Cc1c(C(=O)N2CCCN(CC(N)=O)CC2)sc2ccccc12. The second-order valence-corrected chi connectivity index (χ2v) is 6.99. The standard InChI is InChI=1S/C17H21N3O2S/c1-12-13-5-2-3-6-14(13)23-16(12)17(22)20-8-4-7-19(9-10-20)11-15(18)21/h2-3,5-6H,4,7-11H2,1H3,(H2,18,21). The van der Waals surface area contributed by atoms with Gasteiger partial charge < -0.3 is 10.6 Å². The number of carbonyl (C=O) groups excluding carboxylic acids is 2. The van der Waals surface area contributed by atoms with Crippen molar-refractivity contribution in [2.45, 2.75) is 13.3 Å². The number of amides is 2. The van der Waals surface area contributed by atoms with E-state index < -0.39 is 0 Å². The Morgan fingerprint density at radius 3 is 2.70 bits per heavy atom. The fraction of sp³-hybridized carbons (Fsp3) is 0.412. The van der Waals surface area contributed by atoms with Crippen molar-refractivity contribution in [3.8, 4) is 0 Å². The van der Waals surface area contributed by atoms with Crippen molar-refractivity contribution in [2.24, 2.45) is 5.73 Å². The van der Waals surface area contributed by atoms with Gasteiger partial charge in [-0.05, 0) is 30.4 Å². The smallest absolute Gasteiger partial charge is 0.264 e. The predicted molar refractivity (Wildman–Crippen MR) is 92.7 cm³/mol. The van der Waals surface area contributed by atoms with Crippen LogP contribution in [-0.2, 0) is 4.79 Å². The zero-order chi connectivity index (χ0) is 16.4. The summed E-state index contributed by atoms with van der Waals surface area (Å²) in [5.74, 6) is -0.213. The van der Waals surface area contributed by atoms with Crippen LogP contribution in [0.25, 0.3) is 10.1 Å². The Hall–Kier alpha value is -1.92. The predicted octanol–water partition coefficient (Wildman–Crippen LogP) is 1.84. The van der Waals surface area contributed by atoms with Gasteiger partial charge in [0.1, 0.15) is 0 Å². The van der Waals surface area contributed by atoms with Gasteiger partial charge in [-0.15, -0.1) is 11.3 Å².